The molecule has 0 saturated heterocycles. The molecule has 0 aliphatic rings. The van der Waals surface area contributed by atoms with Crippen LogP contribution in [-0.4, -0.2) is 9.13 Å². The van der Waals surface area contributed by atoms with Crippen LogP contribution >= 0.6 is 0 Å². The van der Waals surface area contributed by atoms with Crippen molar-refractivity contribution in [1.82, 2.24) is 9.13 Å². The smallest absolute Gasteiger partial charge is 0.143 e. The zero-order chi connectivity index (χ0) is 42.7. The predicted octanol–water partition coefficient (Wildman–Crippen LogP) is 16.8. The van der Waals surface area contributed by atoms with Gasteiger partial charge in [-0.1, -0.05) is 176 Å². The van der Waals surface area contributed by atoms with E-state index >= 15 is 0 Å². The van der Waals surface area contributed by atoms with Crippen molar-refractivity contribution in [1.29, 1.82) is 0 Å². The Labute approximate surface area is 371 Å². The highest BCUT2D eigenvalue weighted by molar-refractivity contribution is 6.14. The Morgan fingerprint density at radius 2 is 0.891 bits per heavy atom. The summed E-state index contributed by atoms with van der Waals surface area (Å²) in [4.78, 5) is 0. The lowest BCUT2D eigenvalue weighted by atomic mass is 9.91. The summed E-state index contributed by atoms with van der Waals surface area (Å²) in [6.07, 6.45) is 5.72. The first kappa shape index (κ1) is 37.4. The molecule has 12 rings (SSSR count). The van der Waals surface area contributed by atoms with Gasteiger partial charge in [0.05, 0.1) is 33.4 Å². The number of hydrogen-bond donors (Lipinski definition) is 0. The molecule has 0 spiro atoms. The summed E-state index contributed by atoms with van der Waals surface area (Å²) < 4.78 is 11.6. The van der Waals surface area contributed by atoms with Crippen LogP contribution in [0.15, 0.2) is 229 Å². The SMILES string of the molecule is C=C/C=C\c1oc2c(-c3ccccc3)c(-c3ccc4c(c3)c3cc(-c5ccccc5-c5ccccc5)ccc3n4-c3ccccc3-n3c4ccccc4c4ccccc43)ccc2c1C. The van der Waals surface area contributed by atoms with Gasteiger partial charge in [0.2, 0.25) is 0 Å². The minimum Gasteiger partial charge on any atom is -0.456 e. The molecule has 0 unspecified atom stereocenters. The minimum absolute atomic E-state index is 0.841. The lowest BCUT2D eigenvalue weighted by Crippen LogP contribution is -2.03. The standard InChI is InChI=1S/C61H42N2O/c1-3-4-31-59-40(2)45-34-35-48(60(61(45)64-59)42-21-9-6-10-22-42)44-33-37-56-52(39-44)51-38-43(47-24-12-11-23-46(47)41-19-7-5-8-20-41)32-36-55(51)63(56)58-30-18-17-29-57(58)62-53-27-15-13-25-49(53)50-26-14-16-28-54(50)62/h3-39H,1H2,2H3/b31-4-. The van der Waals surface area contributed by atoms with Crippen molar-refractivity contribution in [2.45, 2.75) is 6.92 Å². The first-order valence-electron chi connectivity index (χ1n) is 21.9. The van der Waals surface area contributed by atoms with Crippen molar-refractivity contribution in [2.75, 3.05) is 0 Å². The maximum atomic E-state index is 6.75. The molecule has 64 heavy (non-hydrogen) atoms. The minimum atomic E-state index is 0.841. The summed E-state index contributed by atoms with van der Waals surface area (Å²) >= 11 is 0. The fraction of sp³-hybridized carbons (Fsp3) is 0.0164. The van der Waals surface area contributed by atoms with Crippen LogP contribution in [0.4, 0.5) is 0 Å². The van der Waals surface area contributed by atoms with Gasteiger partial charge in [-0.05, 0) is 100 Å². The molecular weight excluding hydrogens is 777 g/mol. The number of para-hydroxylation sites is 4. The molecule has 0 amide bonds. The molecular formula is C61H42N2O. The monoisotopic (exact) mass is 818 g/mol. The molecule has 3 nitrogen and oxygen atoms in total. The van der Waals surface area contributed by atoms with E-state index in [1.165, 1.54) is 54.8 Å². The second-order valence-electron chi connectivity index (χ2n) is 16.5. The molecule has 0 aliphatic heterocycles. The Morgan fingerprint density at radius 1 is 0.406 bits per heavy atom. The van der Waals surface area contributed by atoms with E-state index in [2.05, 4.69) is 229 Å². The Morgan fingerprint density at radius 3 is 1.48 bits per heavy atom. The van der Waals surface area contributed by atoms with Crippen LogP contribution in [0.25, 0.3) is 117 Å². The number of aryl methyl sites for hydroxylation is 1. The van der Waals surface area contributed by atoms with E-state index in [1.54, 1.807) is 6.08 Å². The van der Waals surface area contributed by atoms with Gasteiger partial charge in [0.25, 0.3) is 0 Å². The summed E-state index contributed by atoms with van der Waals surface area (Å²) in [6, 6.07) is 74.9. The van der Waals surface area contributed by atoms with Crippen LogP contribution in [-0.2, 0) is 0 Å². The first-order valence-corrected chi connectivity index (χ1v) is 21.9. The van der Waals surface area contributed by atoms with Gasteiger partial charge in [0, 0.05) is 38.1 Å². The fourth-order valence-corrected chi connectivity index (χ4v) is 10.00. The van der Waals surface area contributed by atoms with Crippen molar-refractivity contribution in [2.24, 2.45) is 0 Å². The van der Waals surface area contributed by atoms with Gasteiger partial charge in [-0.2, -0.15) is 0 Å². The number of hydrogen-bond acceptors (Lipinski definition) is 1. The maximum absolute atomic E-state index is 6.75. The largest absolute Gasteiger partial charge is 0.456 e. The zero-order valence-electron chi connectivity index (χ0n) is 35.4. The highest BCUT2D eigenvalue weighted by Crippen LogP contribution is 2.45. The normalized spacial score (nSPS) is 11.8. The number of allylic oxidation sites excluding steroid dienone is 2. The summed E-state index contributed by atoms with van der Waals surface area (Å²) in [5.74, 6) is 0.841. The zero-order valence-corrected chi connectivity index (χ0v) is 35.4. The Balaban J connectivity index is 1.15. The second-order valence-corrected chi connectivity index (χ2v) is 16.5. The molecule has 9 aromatic carbocycles. The second kappa shape index (κ2) is 15.2. The Hall–Kier alpha value is -8.40. The maximum Gasteiger partial charge on any atom is 0.143 e. The highest BCUT2D eigenvalue weighted by atomic mass is 16.3. The van der Waals surface area contributed by atoms with Gasteiger partial charge < -0.3 is 13.6 Å². The highest BCUT2D eigenvalue weighted by Gasteiger charge is 2.23. The molecule has 0 aliphatic carbocycles. The molecule has 302 valence electrons. The van der Waals surface area contributed by atoms with Crippen LogP contribution in [0.2, 0.25) is 0 Å². The van der Waals surface area contributed by atoms with Gasteiger partial charge in [0.15, 0.2) is 0 Å². The topological polar surface area (TPSA) is 23.0 Å². The van der Waals surface area contributed by atoms with Gasteiger partial charge >= 0.3 is 0 Å². The molecule has 3 heterocycles. The van der Waals surface area contributed by atoms with Crippen molar-refractivity contribution in [3.05, 3.63) is 236 Å². The fourth-order valence-electron chi connectivity index (χ4n) is 10.00. The molecule has 0 bridgehead atoms. The number of fused-ring (bicyclic) bond motifs is 7. The first-order chi connectivity index (χ1) is 31.7. The third-order valence-corrected chi connectivity index (χ3v) is 12.9. The van der Waals surface area contributed by atoms with Gasteiger partial charge in [0.1, 0.15) is 11.3 Å². The summed E-state index contributed by atoms with van der Waals surface area (Å²) in [7, 11) is 0. The summed E-state index contributed by atoms with van der Waals surface area (Å²) in [5.41, 5.74) is 18.1. The average molecular weight is 819 g/mol. The van der Waals surface area contributed by atoms with Crippen LogP contribution < -0.4 is 0 Å². The molecule has 3 heteroatoms. The lowest BCUT2D eigenvalue weighted by Gasteiger charge is -2.17. The van der Waals surface area contributed by atoms with E-state index in [1.807, 2.05) is 12.2 Å². The molecule has 0 atom stereocenters. The Bertz CT molecular complexity index is 3750. The van der Waals surface area contributed by atoms with Crippen LogP contribution in [0.3, 0.4) is 0 Å². The number of rotatable bonds is 8. The van der Waals surface area contributed by atoms with Crippen LogP contribution in [0, 0.1) is 6.92 Å². The molecule has 0 fully saturated rings. The number of furan rings is 1. The van der Waals surface area contributed by atoms with Gasteiger partial charge in [-0.25, -0.2) is 0 Å². The molecule has 0 saturated carbocycles. The van der Waals surface area contributed by atoms with Gasteiger partial charge in [-0.15, -0.1) is 0 Å². The van der Waals surface area contributed by atoms with Crippen LogP contribution in [0.5, 0.6) is 0 Å². The lowest BCUT2D eigenvalue weighted by molar-refractivity contribution is 0.602. The van der Waals surface area contributed by atoms with E-state index in [4.69, 9.17) is 4.42 Å². The van der Waals surface area contributed by atoms with Crippen molar-refractivity contribution in [3.8, 4) is 55.9 Å². The van der Waals surface area contributed by atoms with E-state index < -0.39 is 0 Å². The third-order valence-electron chi connectivity index (χ3n) is 12.9. The summed E-state index contributed by atoms with van der Waals surface area (Å²) in [6.45, 7) is 6.03. The molecule has 0 N–H and O–H groups in total. The summed E-state index contributed by atoms with van der Waals surface area (Å²) in [5, 5.41) is 5.94. The number of benzene rings is 9. The van der Waals surface area contributed by atoms with E-state index in [0.29, 0.717) is 0 Å². The van der Waals surface area contributed by atoms with Crippen LogP contribution in [0.1, 0.15) is 11.3 Å². The van der Waals surface area contributed by atoms with Crippen molar-refractivity contribution >= 4 is 60.7 Å². The van der Waals surface area contributed by atoms with Crippen molar-refractivity contribution in [3.63, 3.8) is 0 Å². The van der Waals surface area contributed by atoms with E-state index in [-0.39, 0.29) is 0 Å². The molecule has 12 aromatic rings. The third kappa shape index (κ3) is 5.90. The molecule has 0 radical (unpaired) electrons. The Kier molecular flexibility index (Phi) is 8.87. The van der Waals surface area contributed by atoms with E-state index in [9.17, 15) is 0 Å². The number of nitrogens with zero attached hydrogens (tertiary/aromatic N) is 2. The molecule has 3 aromatic heterocycles. The average Bonchev–Trinajstić information content (AvgIpc) is 3.99. The van der Waals surface area contributed by atoms with Crippen molar-refractivity contribution < 1.29 is 4.42 Å². The number of aromatic nitrogens is 2. The quantitative estimate of drug-likeness (QED) is 0.140. The van der Waals surface area contributed by atoms with E-state index in [0.717, 1.165) is 67.0 Å². The van der Waals surface area contributed by atoms with Gasteiger partial charge in [-0.3, -0.25) is 0 Å². The predicted molar refractivity (Wildman–Crippen MR) is 271 cm³/mol.